The van der Waals surface area contributed by atoms with E-state index in [0.717, 1.165) is 0 Å². The average molecular weight is 342 g/mol. The zero-order valence-corrected chi connectivity index (χ0v) is 13.0. The number of carbonyl (C=O) groups excluding carboxylic acids is 1. The Bertz CT molecular complexity index is 719. The molecule has 1 N–H and O–H groups in total. The molecule has 8 heteroatoms. The Kier molecular flexibility index (Phi) is 5.61. The first-order valence-corrected chi connectivity index (χ1v) is 7.35. The van der Waals surface area contributed by atoms with E-state index in [1.54, 1.807) is 31.2 Å². The second-order valence-corrected chi connectivity index (χ2v) is 5.04. The minimum absolute atomic E-state index is 0.0267. The SMILES string of the molecule is CCN(CCO)C(=O)c1cc(OCC(F)(F)F)c2ccccc2n1. The molecule has 0 radical (unpaired) electrons. The molecule has 0 saturated carbocycles. The number of rotatable bonds is 6. The van der Waals surface area contributed by atoms with Crippen LogP contribution < -0.4 is 4.74 Å². The van der Waals surface area contributed by atoms with Crippen molar-refractivity contribution in [2.24, 2.45) is 0 Å². The van der Waals surface area contributed by atoms with Gasteiger partial charge in [0.25, 0.3) is 5.91 Å². The summed E-state index contributed by atoms with van der Waals surface area (Å²) in [5, 5.41) is 9.39. The number of hydrogen-bond acceptors (Lipinski definition) is 4. The molecule has 130 valence electrons. The first-order chi connectivity index (χ1) is 11.4. The summed E-state index contributed by atoms with van der Waals surface area (Å²) in [6.45, 7) is 0.512. The number of benzene rings is 1. The normalized spacial score (nSPS) is 11.5. The maximum atomic E-state index is 12.4. The number of aromatic nitrogens is 1. The molecule has 5 nitrogen and oxygen atoms in total. The molecule has 0 bridgehead atoms. The van der Waals surface area contributed by atoms with Crippen LogP contribution in [0.2, 0.25) is 0 Å². The van der Waals surface area contributed by atoms with Crippen molar-refractivity contribution in [3.05, 3.63) is 36.0 Å². The van der Waals surface area contributed by atoms with Gasteiger partial charge in [-0.25, -0.2) is 4.98 Å². The molecule has 1 amide bonds. The second kappa shape index (κ2) is 7.48. The summed E-state index contributed by atoms with van der Waals surface area (Å²) in [6, 6.07) is 7.69. The van der Waals surface area contributed by atoms with Crippen LogP contribution in [0.1, 0.15) is 17.4 Å². The molecule has 24 heavy (non-hydrogen) atoms. The Morgan fingerprint density at radius 2 is 2.04 bits per heavy atom. The highest BCUT2D eigenvalue weighted by Gasteiger charge is 2.29. The zero-order chi connectivity index (χ0) is 17.7. The van der Waals surface area contributed by atoms with E-state index in [1.807, 2.05) is 0 Å². The van der Waals surface area contributed by atoms with Crippen molar-refractivity contribution < 1.29 is 27.8 Å². The van der Waals surface area contributed by atoms with E-state index in [-0.39, 0.29) is 24.6 Å². The smallest absolute Gasteiger partial charge is 0.422 e. The molecule has 0 aliphatic heterocycles. The minimum Gasteiger partial charge on any atom is -0.483 e. The van der Waals surface area contributed by atoms with Crippen LogP contribution in [0.5, 0.6) is 5.75 Å². The van der Waals surface area contributed by atoms with Gasteiger partial charge in [0.2, 0.25) is 0 Å². The lowest BCUT2D eigenvalue weighted by atomic mass is 10.1. The highest BCUT2D eigenvalue weighted by Crippen LogP contribution is 2.27. The number of aliphatic hydroxyl groups is 1. The number of fused-ring (bicyclic) bond motifs is 1. The molecule has 1 aromatic heterocycles. The summed E-state index contributed by atoms with van der Waals surface area (Å²) < 4.78 is 42.2. The third kappa shape index (κ3) is 4.35. The molecule has 0 spiro atoms. The van der Waals surface area contributed by atoms with E-state index in [0.29, 0.717) is 17.4 Å². The van der Waals surface area contributed by atoms with Crippen molar-refractivity contribution in [3.63, 3.8) is 0 Å². The lowest BCUT2D eigenvalue weighted by molar-refractivity contribution is -0.153. The lowest BCUT2D eigenvalue weighted by Crippen LogP contribution is -2.34. The molecule has 0 aliphatic carbocycles. The van der Waals surface area contributed by atoms with Crippen LogP contribution >= 0.6 is 0 Å². The van der Waals surface area contributed by atoms with Crippen molar-refractivity contribution in [2.45, 2.75) is 13.1 Å². The van der Waals surface area contributed by atoms with Gasteiger partial charge in [-0.1, -0.05) is 12.1 Å². The van der Waals surface area contributed by atoms with Crippen LogP contribution in [0.3, 0.4) is 0 Å². The van der Waals surface area contributed by atoms with E-state index < -0.39 is 18.7 Å². The van der Waals surface area contributed by atoms with Crippen LogP contribution in [0.4, 0.5) is 13.2 Å². The fourth-order valence-corrected chi connectivity index (χ4v) is 2.22. The van der Waals surface area contributed by atoms with E-state index in [9.17, 15) is 18.0 Å². The largest absolute Gasteiger partial charge is 0.483 e. The van der Waals surface area contributed by atoms with E-state index in [4.69, 9.17) is 9.84 Å². The number of likely N-dealkylation sites (N-methyl/N-ethyl adjacent to an activating group) is 1. The van der Waals surface area contributed by atoms with Gasteiger partial charge >= 0.3 is 6.18 Å². The molecular weight excluding hydrogens is 325 g/mol. The highest BCUT2D eigenvalue weighted by molar-refractivity contribution is 5.97. The predicted molar refractivity (Wildman–Crippen MR) is 82.0 cm³/mol. The van der Waals surface area contributed by atoms with Crippen molar-refractivity contribution >= 4 is 16.8 Å². The van der Waals surface area contributed by atoms with Crippen molar-refractivity contribution in [1.29, 1.82) is 0 Å². The van der Waals surface area contributed by atoms with Crippen molar-refractivity contribution in [3.8, 4) is 5.75 Å². The Labute approximate surface area is 136 Å². The number of hydrogen-bond donors (Lipinski definition) is 1. The Balaban J connectivity index is 2.42. The molecule has 1 aromatic carbocycles. The van der Waals surface area contributed by atoms with Gasteiger partial charge in [-0.3, -0.25) is 4.79 Å². The summed E-state index contributed by atoms with van der Waals surface area (Å²) in [7, 11) is 0. The van der Waals surface area contributed by atoms with E-state index >= 15 is 0 Å². The molecular formula is C16H17F3N2O3. The van der Waals surface area contributed by atoms with Gasteiger partial charge in [-0.2, -0.15) is 13.2 Å². The minimum atomic E-state index is -4.49. The third-order valence-corrected chi connectivity index (χ3v) is 3.33. The van der Waals surface area contributed by atoms with Crippen LogP contribution in [-0.4, -0.2) is 53.4 Å². The van der Waals surface area contributed by atoms with E-state index in [1.165, 1.54) is 11.0 Å². The quantitative estimate of drug-likeness (QED) is 0.877. The number of carbonyl (C=O) groups is 1. The fourth-order valence-electron chi connectivity index (χ4n) is 2.22. The van der Waals surface area contributed by atoms with Crippen LogP contribution in [0, 0.1) is 0 Å². The summed E-state index contributed by atoms with van der Waals surface area (Å²) in [4.78, 5) is 18.0. The van der Waals surface area contributed by atoms with Crippen molar-refractivity contribution in [1.82, 2.24) is 9.88 Å². The topological polar surface area (TPSA) is 62.7 Å². The van der Waals surface area contributed by atoms with Gasteiger partial charge in [0.05, 0.1) is 12.1 Å². The molecule has 0 aliphatic rings. The first-order valence-electron chi connectivity index (χ1n) is 7.35. The molecule has 0 unspecified atom stereocenters. The maximum Gasteiger partial charge on any atom is 0.422 e. The number of para-hydroxylation sites is 1. The summed E-state index contributed by atoms with van der Waals surface area (Å²) in [6.07, 6.45) is -4.49. The van der Waals surface area contributed by atoms with Gasteiger partial charge in [0, 0.05) is 24.5 Å². The first kappa shape index (κ1) is 18.0. The molecule has 1 heterocycles. The van der Waals surface area contributed by atoms with Gasteiger partial charge in [0.1, 0.15) is 11.4 Å². The Morgan fingerprint density at radius 1 is 1.33 bits per heavy atom. The summed E-state index contributed by atoms with van der Waals surface area (Å²) >= 11 is 0. The molecule has 0 fully saturated rings. The summed E-state index contributed by atoms with van der Waals surface area (Å²) in [5.74, 6) is -0.532. The fraction of sp³-hybridized carbons (Fsp3) is 0.375. The molecule has 0 saturated heterocycles. The predicted octanol–water partition coefficient (Wildman–Crippen LogP) is 2.63. The molecule has 2 aromatic rings. The van der Waals surface area contributed by atoms with E-state index in [2.05, 4.69) is 4.98 Å². The molecule has 2 rings (SSSR count). The van der Waals surface area contributed by atoms with Gasteiger partial charge in [0.15, 0.2) is 6.61 Å². The number of aliphatic hydroxyl groups excluding tert-OH is 1. The number of amides is 1. The number of ether oxygens (including phenoxy) is 1. The van der Waals surface area contributed by atoms with Crippen LogP contribution in [0.15, 0.2) is 30.3 Å². The van der Waals surface area contributed by atoms with Gasteiger partial charge < -0.3 is 14.7 Å². The number of nitrogens with zero attached hydrogens (tertiary/aromatic N) is 2. The molecule has 0 atom stereocenters. The number of halogens is 3. The number of alkyl halides is 3. The monoisotopic (exact) mass is 342 g/mol. The standard InChI is InChI=1S/C16H17F3N2O3/c1-2-21(7-8-22)15(23)13-9-14(24-10-16(17,18)19)11-5-3-4-6-12(11)20-13/h3-6,9,22H,2,7-8,10H2,1H3. The third-order valence-electron chi connectivity index (χ3n) is 3.33. The summed E-state index contributed by atoms with van der Waals surface area (Å²) in [5.41, 5.74) is 0.335. The Morgan fingerprint density at radius 3 is 2.67 bits per heavy atom. The highest BCUT2D eigenvalue weighted by atomic mass is 19.4. The van der Waals surface area contributed by atoms with Crippen LogP contribution in [-0.2, 0) is 0 Å². The second-order valence-electron chi connectivity index (χ2n) is 5.04. The average Bonchev–Trinajstić information content (AvgIpc) is 2.56. The van der Waals surface area contributed by atoms with Gasteiger partial charge in [-0.15, -0.1) is 0 Å². The van der Waals surface area contributed by atoms with Gasteiger partial charge in [-0.05, 0) is 19.1 Å². The van der Waals surface area contributed by atoms with Crippen LogP contribution in [0.25, 0.3) is 10.9 Å². The Hall–Kier alpha value is -2.35. The zero-order valence-electron chi connectivity index (χ0n) is 13.0. The number of pyridine rings is 1. The van der Waals surface area contributed by atoms with Crippen molar-refractivity contribution in [2.75, 3.05) is 26.3 Å². The maximum absolute atomic E-state index is 12.4. The lowest BCUT2D eigenvalue weighted by Gasteiger charge is -2.20.